The van der Waals surface area contributed by atoms with Crippen LogP contribution in [0, 0.1) is 0 Å². The zero-order valence-electron chi connectivity index (χ0n) is 5.58. The highest BCUT2D eigenvalue weighted by Gasteiger charge is 2.00. The molecule has 5 heteroatoms. The predicted molar refractivity (Wildman–Crippen MR) is 35.6 cm³/mol. The highest BCUT2D eigenvalue weighted by molar-refractivity contribution is 5.68. The summed E-state index contributed by atoms with van der Waals surface area (Å²) in [7, 11) is 0. The second-order valence-corrected chi connectivity index (χ2v) is 1.91. The standard InChI is InChI=1S/C5H12N2O3/c6-1-4(8)2-7-3-5(9)10/h4,7-8H,1-3,6H2,(H,9,10). The minimum Gasteiger partial charge on any atom is -0.480 e. The monoisotopic (exact) mass is 148 g/mol. The van der Waals surface area contributed by atoms with Gasteiger partial charge in [-0.3, -0.25) is 4.79 Å². The number of carboxylic acids is 1. The summed E-state index contributed by atoms with van der Waals surface area (Å²) in [5.41, 5.74) is 5.05. The molecule has 0 aromatic heterocycles. The van der Waals surface area contributed by atoms with Crippen molar-refractivity contribution in [1.29, 1.82) is 0 Å². The lowest BCUT2D eigenvalue weighted by molar-refractivity contribution is -0.136. The summed E-state index contributed by atoms with van der Waals surface area (Å²) < 4.78 is 0. The molecule has 0 aliphatic heterocycles. The van der Waals surface area contributed by atoms with Gasteiger partial charge in [0.15, 0.2) is 0 Å². The molecule has 1 unspecified atom stereocenters. The molecule has 0 heterocycles. The van der Waals surface area contributed by atoms with Crippen LogP contribution in [-0.4, -0.2) is 41.9 Å². The van der Waals surface area contributed by atoms with Gasteiger partial charge in [0.25, 0.3) is 0 Å². The summed E-state index contributed by atoms with van der Waals surface area (Å²) in [4.78, 5) is 9.89. The van der Waals surface area contributed by atoms with Gasteiger partial charge >= 0.3 is 5.97 Å². The first-order valence-electron chi connectivity index (χ1n) is 2.97. The summed E-state index contributed by atoms with van der Waals surface area (Å²) >= 11 is 0. The van der Waals surface area contributed by atoms with Crippen molar-refractivity contribution < 1.29 is 15.0 Å². The molecule has 0 aromatic rings. The lowest BCUT2D eigenvalue weighted by Gasteiger charge is -2.06. The molecule has 60 valence electrons. The minimum atomic E-state index is -0.941. The van der Waals surface area contributed by atoms with Crippen LogP contribution in [-0.2, 0) is 4.79 Å². The van der Waals surface area contributed by atoms with Gasteiger partial charge in [-0.2, -0.15) is 0 Å². The lowest BCUT2D eigenvalue weighted by atomic mass is 10.3. The molecule has 0 saturated carbocycles. The van der Waals surface area contributed by atoms with E-state index in [0.29, 0.717) is 0 Å². The number of aliphatic hydroxyl groups excluding tert-OH is 1. The van der Waals surface area contributed by atoms with Crippen LogP contribution >= 0.6 is 0 Å². The summed E-state index contributed by atoms with van der Waals surface area (Å²) in [6, 6.07) is 0. The summed E-state index contributed by atoms with van der Waals surface area (Å²) in [6.07, 6.45) is -0.653. The Bertz CT molecular complexity index is 107. The topological polar surface area (TPSA) is 95.6 Å². The fraction of sp³-hybridized carbons (Fsp3) is 0.800. The van der Waals surface area contributed by atoms with E-state index in [2.05, 4.69) is 5.32 Å². The number of aliphatic carboxylic acids is 1. The SMILES string of the molecule is NCC(O)CNCC(=O)O. The molecular weight excluding hydrogens is 136 g/mol. The molecule has 0 fully saturated rings. The molecule has 5 N–H and O–H groups in total. The van der Waals surface area contributed by atoms with Gasteiger partial charge in [0, 0.05) is 13.1 Å². The van der Waals surface area contributed by atoms with Crippen molar-refractivity contribution in [3.05, 3.63) is 0 Å². The fourth-order valence-corrected chi connectivity index (χ4v) is 0.429. The van der Waals surface area contributed by atoms with Crippen molar-refractivity contribution in [2.24, 2.45) is 5.73 Å². The number of aliphatic hydroxyl groups is 1. The summed E-state index contributed by atoms with van der Waals surface area (Å²) in [6.45, 7) is 0.229. The molecule has 10 heavy (non-hydrogen) atoms. The number of hydrogen-bond donors (Lipinski definition) is 4. The minimum absolute atomic E-state index is 0.142. The van der Waals surface area contributed by atoms with Crippen LogP contribution in [0.5, 0.6) is 0 Å². The third kappa shape index (κ3) is 5.49. The van der Waals surface area contributed by atoms with Gasteiger partial charge in [-0.25, -0.2) is 0 Å². The van der Waals surface area contributed by atoms with Gasteiger partial charge in [-0.1, -0.05) is 0 Å². The number of nitrogens with two attached hydrogens (primary N) is 1. The van der Waals surface area contributed by atoms with Crippen LogP contribution in [0.1, 0.15) is 0 Å². The molecule has 0 bridgehead atoms. The van der Waals surface area contributed by atoms with E-state index in [4.69, 9.17) is 15.9 Å². The number of carboxylic acid groups (broad SMARTS) is 1. The van der Waals surface area contributed by atoms with Gasteiger partial charge in [-0.15, -0.1) is 0 Å². The largest absolute Gasteiger partial charge is 0.480 e. The maximum Gasteiger partial charge on any atom is 0.317 e. The third-order valence-electron chi connectivity index (χ3n) is 0.928. The Morgan fingerprint density at radius 3 is 2.70 bits per heavy atom. The molecule has 0 aliphatic rings. The third-order valence-corrected chi connectivity index (χ3v) is 0.928. The molecule has 1 atom stereocenters. The predicted octanol–water partition coefficient (Wildman–Crippen LogP) is -2.02. The molecular formula is C5H12N2O3. The Balaban J connectivity index is 3.11. The Kier molecular flexibility index (Phi) is 4.82. The molecule has 0 spiro atoms. The van der Waals surface area contributed by atoms with Crippen LogP contribution in [0.15, 0.2) is 0 Å². The van der Waals surface area contributed by atoms with Crippen molar-refractivity contribution >= 4 is 5.97 Å². The maximum atomic E-state index is 9.89. The van der Waals surface area contributed by atoms with Crippen molar-refractivity contribution in [3.63, 3.8) is 0 Å². The van der Waals surface area contributed by atoms with Crippen molar-refractivity contribution in [2.75, 3.05) is 19.6 Å². The van der Waals surface area contributed by atoms with Gasteiger partial charge < -0.3 is 21.3 Å². The van der Waals surface area contributed by atoms with Gasteiger partial charge in [-0.05, 0) is 0 Å². The Hall–Kier alpha value is -0.650. The van der Waals surface area contributed by atoms with Crippen molar-refractivity contribution in [2.45, 2.75) is 6.10 Å². The van der Waals surface area contributed by atoms with E-state index in [1.54, 1.807) is 0 Å². The average molecular weight is 148 g/mol. The van der Waals surface area contributed by atoms with Crippen LogP contribution in [0.2, 0.25) is 0 Å². The molecule has 0 amide bonds. The Morgan fingerprint density at radius 2 is 2.30 bits per heavy atom. The number of hydrogen-bond acceptors (Lipinski definition) is 4. The van der Waals surface area contributed by atoms with Gasteiger partial charge in [0.2, 0.25) is 0 Å². The molecule has 5 nitrogen and oxygen atoms in total. The summed E-state index contributed by atoms with van der Waals surface area (Å²) in [5.74, 6) is -0.941. The van der Waals surface area contributed by atoms with E-state index in [1.807, 2.05) is 0 Å². The first-order chi connectivity index (χ1) is 4.66. The molecule has 0 radical (unpaired) electrons. The normalized spacial score (nSPS) is 13.0. The maximum absolute atomic E-state index is 9.89. The molecule has 0 rings (SSSR count). The van der Waals surface area contributed by atoms with Gasteiger partial charge in [0.1, 0.15) is 0 Å². The van der Waals surface area contributed by atoms with E-state index in [0.717, 1.165) is 0 Å². The van der Waals surface area contributed by atoms with Crippen LogP contribution in [0.3, 0.4) is 0 Å². The molecule has 0 saturated heterocycles. The second-order valence-electron chi connectivity index (χ2n) is 1.91. The Labute approximate surface area is 58.8 Å². The van der Waals surface area contributed by atoms with Gasteiger partial charge in [0.05, 0.1) is 12.6 Å². The van der Waals surface area contributed by atoms with Crippen LogP contribution < -0.4 is 11.1 Å². The van der Waals surface area contributed by atoms with E-state index < -0.39 is 12.1 Å². The number of nitrogens with one attached hydrogen (secondary N) is 1. The smallest absolute Gasteiger partial charge is 0.317 e. The first kappa shape index (κ1) is 9.35. The van der Waals surface area contributed by atoms with E-state index in [-0.39, 0.29) is 19.6 Å². The van der Waals surface area contributed by atoms with Crippen molar-refractivity contribution in [3.8, 4) is 0 Å². The highest BCUT2D eigenvalue weighted by Crippen LogP contribution is 1.73. The van der Waals surface area contributed by atoms with Crippen LogP contribution in [0.4, 0.5) is 0 Å². The second kappa shape index (κ2) is 5.16. The quantitative estimate of drug-likeness (QED) is 0.361. The number of rotatable bonds is 5. The van der Waals surface area contributed by atoms with Crippen molar-refractivity contribution in [1.82, 2.24) is 5.32 Å². The molecule has 0 aromatic carbocycles. The fourth-order valence-electron chi connectivity index (χ4n) is 0.429. The van der Waals surface area contributed by atoms with E-state index in [1.165, 1.54) is 0 Å². The zero-order valence-corrected chi connectivity index (χ0v) is 5.58. The average Bonchev–Trinajstić information content (AvgIpc) is 1.87. The first-order valence-corrected chi connectivity index (χ1v) is 2.97. The zero-order chi connectivity index (χ0) is 7.98. The van der Waals surface area contributed by atoms with E-state index in [9.17, 15) is 4.79 Å². The number of carbonyl (C=O) groups is 1. The molecule has 0 aliphatic carbocycles. The Morgan fingerprint density at radius 1 is 1.70 bits per heavy atom. The summed E-state index contributed by atoms with van der Waals surface area (Å²) in [5, 5.41) is 19.4. The highest BCUT2D eigenvalue weighted by atomic mass is 16.4. The van der Waals surface area contributed by atoms with E-state index >= 15 is 0 Å². The van der Waals surface area contributed by atoms with Crippen LogP contribution in [0.25, 0.3) is 0 Å². The lowest BCUT2D eigenvalue weighted by Crippen LogP contribution is -2.35.